The number of hydrogen-bond donors (Lipinski definition) is 2. The van der Waals surface area contributed by atoms with Crippen LogP contribution in [0.4, 0.5) is 0 Å². The number of nitrogens with one attached hydrogen (secondary N) is 1. The number of hydrogen-bond acceptors (Lipinski definition) is 4. The van der Waals surface area contributed by atoms with Crippen LogP contribution in [0.2, 0.25) is 5.02 Å². The Balaban J connectivity index is 2.00. The molecule has 3 rings (SSSR count). The summed E-state index contributed by atoms with van der Waals surface area (Å²) in [5.74, 6) is -3.04. The Morgan fingerprint density at radius 2 is 2.11 bits per heavy atom. The number of aromatic amines is 1. The molecule has 1 aliphatic carbocycles. The maximum Gasteiger partial charge on any atom is 0.417 e. The summed E-state index contributed by atoms with van der Waals surface area (Å²) in [7, 11) is 0. The van der Waals surface area contributed by atoms with Crippen LogP contribution in [0.3, 0.4) is 0 Å². The third kappa shape index (κ3) is 1.94. The molecule has 19 heavy (non-hydrogen) atoms. The minimum absolute atomic E-state index is 0.145. The smallest absolute Gasteiger partial charge is 0.417 e. The van der Waals surface area contributed by atoms with E-state index in [1.54, 1.807) is 0 Å². The van der Waals surface area contributed by atoms with Crippen LogP contribution in [-0.2, 0) is 4.79 Å². The van der Waals surface area contributed by atoms with E-state index in [2.05, 4.69) is 4.98 Å². The molecule has 2 aromatic rings. The Labute approximate surface area is 111 Å². The summed E-state index contributed by atoms with van der Waals surface area (Å²) in [6.07, 6.45) is 0.339. The van der Waals surface area contributed by atoms with Gasteiger partial charge in [0.05, 0.1) is 16.5 Å². The molecule has 0 amide bonds. The van der Waals surface area contributed by atoms with Gasteiger partial charge in [-0.05, 0) is 18.6 Å². The quantitative estimate of drug-likeness (QED) is 0.834. The lowest BCUT2D eigenvalue weighted by Crippen LogP contribution is -2.08. The van der Waals surface area contributed by atoms with Gasteiger partial charge in [0.2, 0.25) is 0 Å². The van der Waals surface area contributed by atoms with Crippen LogP contribution in [0.1, 0.15) is 16.8 Å². The number of H-pyrrole nitrogens is 1. The number of carbonyl (C=O) groups is 2. The lowest BCUT2D eigenvalue weighted by atomic mass is 10.1. The van der Waals surface area contributed by atoms with Gasteiger partial charge < -0.3 is 9.52 Å². The summed E-state index contributed by atoms with van der Waals surface area (Å²) < 4.78 is 4.82. The number of benzene rings is 1. The van der Waals surface area contributed by atoms with Crippen molar-refractivity contribution in [1.29, 1.82) is 0 Å². The van der Waals surface area contributed by atoms with Gasteiger partial charge in [-0.2, -0.15) is 0 Å². The molecule has 0 bridgehead atoms. The van der Waals surface area contributed by atoms with Gasteiger partial charge in [-0.3, -0.25) is 14.6 Å². The fourth-order valence-corrected chi connectivity index (χ4v) is 2.39. The molecular weight excluding hydrogens is 274 g/mol. The number of fused-ring (bicyclic) bond motifs is 1. The molecule has 2 atom stereocenters. The molecule has 6 nitrogen and oxygen atoms in total. The molecular formula is C12H8ClNO5. The highest BCUT2D eigenvalue weighted by molar-refractivity contribution is 6.35. The highest BCUT2D eigenvalue weighted by Crippen LogP contribution is 2.41. The zero-order valence-corrected chi connectivity index (χ0v) is 10.2. The van der Waals surface area contributed by atoms with Crippen molar-refractivity contribution in [3.63, 3.8) is 0 Å². The number of rotatable bonds is 3. The van der Waals surface area contributed by atoms with Crippen LogP contribution < -0.4 is 5.76 Å². The number of ketones is 1. The van der Waals surface area contributed by atoms with Crippen molar-refractivity contribution < 1.29 is 19.1 Å². The van der Waals surface area contributed by atoms with Gasteiger partial charge >= 0.3 is 11.7 Å². The molecule has 98 valence electrons. The first kappa shape index (κ1) is 12.0. The maximum atomic E-state index is 12.1. The van der Waals surface area contributed by atoms with Crippen molar-refractivity contribution in [2.75, 3.05) is 0 Å². The molecule has 7 heteroatoms. The monoisotopic (exact) mass is 281 g/mol. The number of carboxylic acid groups (broad SMARTS) is 1. The molecule has 1 fully saturated rings. The second kappa shape index (κ2) is 3.96. The van der Waals surface area contributed by atoms with E-state index in [0.717, 1.165) is 0 Å². The van der Waals surface area contributed by atoms with Gasteiger partial charge in [0.25, 0.3) is 0 Å². The number of carbonyl (C=O) groups excluding carboxylic acids is 1. The number of halogens is 1. The number of carboxylic acids is 1. The first-order chi connectivity index (χ1) is 8.97. The van der Waals surface area contributed by atoms with E-state index in [0.29, 0.717) is 11.9 Å². The normalized spacial score (nSPS) is 21.5. The third-order valence-electron chi connectivity index (χ3n) is 3.20. The molecule has 1 aromatic carbocycles. The van der Waals surface area contributed by atoms with Crippen LogP contribution >= 0.6 is 11.6 Å². The zero-order chi connectivity index (χ0) is 13.7. The van der Waals surface area contributed by atoms with Crippen LogP contribution in [0, 0.1) is 11.8 Å². The van der Waals surface area contributed by atoms with E-state index < -0.39 is 23.6 Å². The van der Waals surface area contributed by atoms with E-state index in [1.165, 1.54) is 12.1 Å². The fraction of sp³-hybridized carbons (Fsp3) is 0.250. The van der Waals surface area contributed by atoms with Gasteiger partial charge in [0.15, 0.2) is 11.4 Å². The summed E-state index contributed by atoms with van der Waals surface area (Å²) in [6, 6.07) is 2.84. The van der Waals surface area contributed by atoms with Crippen LogP contribution in [0.15, 0.2) is 21.3 Å². The number of Topliss-reactive ketones (excluding diaryl/α,β-unsaturated/α-hetero) is 1. The first-order valence-corrected chi connectivity index (χ1v) is 5.94. The Morgan fingerprint density at radius 3 is 2.74 bits per heavy atom. The van der Waals surface area contributed by atoms with E-state index >= 15 is 0 Å². The Bertz CT molecular complexity index is 759. The van der Waals surface area contributed by atoms with E-state index in [1.807, 2.05) is 0 Å². The molecule has 0 aliphatic heterocycles. The zero-order valence-electron chi connectivity index (χ0n) is 9.47. The number of aromatic nitrogens is 1. The Kier molecular flexibility index (Phi) is 2.50. The molecule has 1 heterocycles. The Morgan fingerprint density at radius 1 is 1.37 bits per heavy atom. The van der Waals surface area contributed by atoms with Crippen molar-refractivity contribution in [3.05, 3.63) is 33.3 Å². The number of aliphatic carboxylic acids is 1. The molecule has 0 spiro atoms. The second-order valence-corrected chi connectivity index (χ2v) is 4.91. The summed E-state index contributed by atoms with van der Waals surface area (Å²) in [5, 5.41) is 8.95. The summed E-state index contributed by atoms with van der Waals surface area (Å²) in [6.45, 7) is 0. The molecule has 0 unspecified atom stereocenters. The van der Waals surface area contributed by atoms with Crippen LogP contribution in [0.5, 0.6) is 0 Å². The van der Waals surface area contributed by atoms with Crippen molar-refractivity contribution in [2.45, 2.75) is 6.42 Å². The van der Waals surface area contributed by atoms with E-state index in [9.17, 15) is 14.4 Å². The average molecular weight is 282 g/mol. The second-order valence-electron chi connectivity index (χ2n) is 4.50. The van der Waals surface area contributed by atoms with E-state index in [4.69, 9.17) is 21.1 Å². The molecule has 1 saturated carbocycles. The molecule has 1 aliphatic rings. The summed E-state index contributed by atoms with van der Waals surface area (Å²) >= 11 is 5.92. The highest BCUT2D eigenvalue weighted by atomic mass is 35.5. The lowest BCUT2D eigenvalue weighted by molar-refractivity contribution is -0.138. The lowest BCUT2D eigenvalue weighted by Gasteiger charge is -2.00. The fourth-order valence-electron chi connectivity index (χ4n) is 2.13. The SMILES string of the molecule is O=C(O)[C@H]1C[C@@H]1C(=O)c1cc(Cl)c2oc(=O)[nH]c2c1. The highest BCUT2D eigenvalue weighted by Gasteiger charge is 2.48. The third-order valence-corrected chi connectivity index (χ3v) is 3.48. The van der Waals surface area contributed by atoms with Crippen LogP contribution in [0.25, 0.3) is 11.1 Å². The maximum absolute atomic E-state index is 12.1. The van der Waals surface area contributed by atoms with Gasteiger partial charge in [0, 0.05) is 11.5 Å². The predicted octanol–water partition coefficient (Wildman–Crippen LogP) is 1.68. The van der Waals surface area contributed by atoms with E-state index in [-0.39, 0.29) is 22.0 Å². The van der Waals surface area contributed by atoms with Crippen molar-refractivity contribution in [1.82, 2.24) is 4.98 Å². The van der Waals surface area contributed by atoms with Gasteiger partial charge in [-0.1, -0.05) is 11.6 Å². The van der Waals surface area contributed by atoms with Crippen LogP contribution in [-0.4, -0.2) is 21.8 Å². The largest absolute Gasteiger partial charge is 0.481 e. The average Bonchev–Trinajstić information content (AvgIpc) is 3.05. The van der Waals surface area contributed by atoms with Gasteiger partial charge in [-0.25, -0.2) is 4.79 Å². The molecule has 0 radical (unpaired) electrons. The van der Waals surface area contributed by atoms with Gasteiger partial charge in [-0.15, -0.1) is 0 Å². The van der Waals surface area contributed by atoms with Crippen molar-refractivity contribution in [3.8, 4) is 0 Å². The predicted molar refractivity (Wildman–Crippen MR) is 65.4 cm³/mol. The first-order valence-electron chi connectivity index (χ1n) is 5.57. The minimum atomic E-state index is -0.970. The molecule has 2 N–H and O–H groups in total. The standard InChI is InChI=1S/C12H8ClNO5/c13-7-1-4(2-8-10(7)19-12(18)14-8)9(15)5-3-6(5)11(16)17/h1-2,5-6H,3H2,(H,14,18)(H,16,17)/t5-,6-/m0/s1. The summed E-state index contributed by atoms with van der Waals surface area (Å²) in [5.41, 5.74) is 0.797. The number of oxazole rings is 1. The van der Waals surface area contributed by atoms with Crippen molar-refractivity contribution >= 4 is 34.5 Å². The molecule has 0 saturated heterocycles. The van der Waals surface area contributed by atoms with Crippen molar-refractivity contribution in [2.24, 2.45) is 11.8 Å². The molecule has 1 aromatic heterocycles. The summed E-state index contributed by atoms with van der Waals surface area (Å²) in [4.78, 5) is 36.3. The van der Waals surface area contributed by atoms with Gasteiger partial charge in [0.1, 0.15) is 0 Å². The minimum Gasteiger partial charge on any atom is -0.481 e. The Hall–Kier alpha value is -2.08. The topological polar surface area (TPSA) is 100 Å².